The average Bonchev–Trinajstić information content (AvgIpc) is 2.96. The van der Waals surface area contributed by atoms with E-state index < -0.39 is 0 Å². The topological polar surface area (TPSA) is 55.0 Å². The maximum Gasteiger partial charge on any atom is 0.225 e. The Kier molecular flexibility index (Phi) is 3.84. The molecule has 3 rings (SSSR count). The number of anilines is 1. The first kappa shape index (κ1) is 13.9. The summed E-state index contributed by atoms with van der Waals surface area (Å²) in [4.78, 5) is 11.1. The third-order valence-corrected chi connectivity index (χ3v) is 4.04. The number of hydrogen-bond acceptors (Lipinski definition) is 4. The molecule has 0 bridgehead atoms. The van der Waals surface area contributed by atoms with Gasteiger partial charge in [-0.25, -0.2) is 14.4 Å². The second-order valence-electron chi connectivity index (χ2n) is 5.37. The van der Waals surface area contributed by atoms with Crippen molar-refractivity contribution in [3.05, 3.63) is 42.0 Å². The van der Waals surface area contributed by atoms with E-state index in [-0.39, 0.29) is 5.82 Å². The van der Waals surface area contributed by atoms with Crippen LogP contribution in [0.1, 0.15) is 18.5 Å². The first-order valence-corrected chi connectivity index (χ1v) is 7.26. The molecule has 2 N–H and O–H groups in total. The molecule has 0 spiro atoms. The lowest BCUT2D eigenvalue weighted by Gasteiger charge is -2.23. The van der Waals surface area contributed by atoms with Crippen molar-refractivity contribution in [1.82, 2.24) is 9.97 Å². The van der Waals surface area contributed by atoms with E-state index in [1.165, 1.54) is 6.07 Å². The zero-order valence-corrected chi connectivity index (χ0v) is 12.1. The molecule has 0 saturated carbocycles. The van der Waals surface area contributed by atoms with Crippen molar-refractivity contribution < 1.29 is 4.39 Å². The molecule has 2 heterocycles. The van der Waals surface area contributed by atoms with Gasteiger partial charge in [0.1, 0.15) is 5.82 Å². The smallest absolute Gasteiger partial charge is 0.225 e. The van der Waals surface area contributed by atoms with E-state index in [9.17, 15) is 4.39 Å². The summed E-state index contributed by atoms with van der Waals surface area (Å²) >= 11 is 0. The Hall–Kier alpha value is -2.01. The van der Waals surface area contributed by atoms with Crippen molar-refractivity contribution in [2.45, 2.75) is 25.8 Å². The Morgan fingerprint density at radius 3 is 2.86 bits per heavy atom. The van der Waals surface area contributed by atoms with Gasteiger partial charge in [-0.05, 0) is 25.8 Å². The van der Waals surface area contributed by atoms with E-state index in [1.807, 2.05) is 13.0 Å². The standard InChI is InChI=1S/C16H19FN4/c1-11-14(13-6-2-3-7-15(13)17)10-19-16(20-11)21-8-4-5-12(21)9-18/h2-3,6-7,10,12H,4-5,8-9,18H2,1H3. The minimum atomic E-state index is -0.252. The van der Waals surface area contributed by atoms with Crippen molar-refractivity contribution in [1.29, 1.82) is 0 Å². The molecule has 1 aliphatic rings. The molecule has 4 nitrogen and oxygen atoms in total. The van der Waals surface area contributed by atoms with Gasteiger partial charge in [-0.2, -0.15) is 0 Å². The van der Waals surface area contributed by atoms with Crippen LogP contribution in [-0.4, -0.2) is 29.1 Å². The highest BCUT2D eigenvalue weighted by molar-refractivity contribution is 5.66. The maximum atomic E-state index is 13.9. The van der Waals surface area contributed by atoms with E-state index in [2.05, 4.69) is 14.9 Å². The number of rotatable bonds is 3. The van der Waals surface area contributed by atoms with Crippen molar-refractivity contribution >= 4 is 5.95 Å². The van der Waals surface area contributed by atoms with E-state index in [0.717, 1.165) is 30.6 Å². The SMILES string of the molecule is Cc1nc(N2CCCC2CN)ncc1-c1ccccc1F. The lowest BCUT2D eigenvalue weighted by molar-refractivity contribution is 0.630. The molecule has 1 aromatic heterocycles. The second-order valence-corrected chi connectivity index (χ2v) is 5.37. The predicted molar refractivity (Wildman–Crippen MR) is 81.6 cm³/mol. The molecular weight excluding hydrogens is 267 g/mol. The molecule has 1 aliphatic heterocycles. The highest BCUT2D eigenvalue weighted by atomic mass is 19.1. The summed E-state index contributed by atoms with van der Waals surface area (Å²) in [6.07, 6.45) is 3.90. The molecule has 1 atom stereocenters. The number of benzene rings is 1. The Morgan fingerprint density at radius 2 is 2.14 bits per heavy atom. The average molecular weight is 286 g/mol. The van der Waals surface area contributed by atoms with E-state index in [0.29, 0.717) is 24.1 Å². The van der Waals surface area contributed by atoms with Crippen LogP contribution in [0.15, 0.2) is 30.5 Å². The third-order valence-electron chi connectivity index (χ3n) is 4.04. The van der Waals surface area contributed by atoms with Crippen molar-refractivity contribution in [2.75, 3.05) is 18.0 Å². The summed E-state index contributed by atoms with van der Waals surface area (Å²) in [5.74, 6) is 0.443. The van der Waals surface area contributed by atoms with Gasteiger partial charge in [-0.3, -0.25) is 0 Å². The van der Waals surface area contributed by atoms with Crippen LogP contribution in [0, 0.1) is 12.7 Å². The Balaban J connectivity index is 1.95. The van der Waals surface area contributed by atoms with Crippen LogP contribution in [0.5, 0.6) is 0 Å². The highest BCUT2D eigenvalue weighted by Gasteiger charge is 2.25. The number of halogens is 1. The molecule has 5 heteroatoms. The monoisotopic (exact) mass is 286 g/mol. The summed E-state index contributed by atoms with van der Waals surface area (Å²) in [6, 6.07) is 7.01. The van der Waals surface area contributed by atoms with E-state index in [4.69, 9.17) is 5.73 Å². The fraction of sp³-hybridized carbons (Fsp3) is 0.375. The second kappa shape index (κ2) is 5.77. The molecule has 1 saturated heterocycles. The molecule has 1 aromatic carbocycles. The normalized spacial score (nSPS) is 18.2. The first-order chi connectivity index (χ1) is 10.2. The van der Waals surface area contributed by atoms with Gasteiger partial charge in [0.05, 0.1) is 5.69 Å². The molecule has 1 unspecified atom stereocenters. The van der Waals surface area contributed by atoms with Crippen LogP contribution in [0.3, 0.4) is 0 Å². The Bertz CT molecular complexity index is 644. The molecule has 1 fully saturated rings. The van der Waals surface area contributed by atoms with Crippen LogP contribution >= 0.6 is 0 Å². The van der Waals surface area contributed by atoms with Gasteiger partial charge in [0.25, 0.3) is 0 Å². The van der Waals surface area contributed by atoms with Crippen LogP contribution in [0.25, 0.3) is 11.1 Å². The van der Waals surface area contributed by atoms with Crippen LogP contribution in [0.2, 0.25) is 0 Å². The fourth-order valence-electron chi connectivity index (χ4n) is 2.88. The molecule has 21 heavy (non-hydrogen) atoms. The minimum absolute atomic E-state index is 0.252. The summed E-state index contributed by atoms with van der Waals surface area (Å²) in [7, 11) is 0. The van der Waals surface area contributed by atoms with Crippen LogP contribution in [0.4, 0.5) is 10.3 Å². The van der Waals surface area contributed by atoms with Crippen LogP contribution < -0.4 is 10.6 Å². The zero-order chi connectivity index (χ0) is 14.8. The van der Waals surface area contributed by atoms with Crippen molar-refractivity contribution in [2.24, 2.45) is 5.73 Å². The van der Waals surface area contributed by atoms with Crippen LogP contribution in [-0.2, 0) is 0 Å². The number of nitrogens with two attached hydrogens (primary N) is 1. The summed E-state index contributed by atoms with van der Waals surface area (Å²) < 4.78 is 13.9. The van der Waals surface area contributed by atoms with Gasteiger partial charge < -0.3 is 10.6 Å². The zero-order valence-electron chi connectivity index (χ0n) is 12.1. The lowest BCUT2D eigenvalue weighted by atomic mass is 10.1. The number of hydrogen-bond donors (Lipinski definition) is 1. The highest BCUT2D eigenvalue weighted by Crippen LogP contribution is 2.27. The van der Waals surface area contributed by atoms with Crippen molar-refractivity contribution in [3.8, 4) is 11.1 Å². The summed E-state index contributed by atoms with van der Waals surface area (Å²) in [5.41, 5.74) is 7.86. The molecular formula is C16H19FN4. The largest absolute Gasteiger partial charge is 0.337 e. The number of aryl methyl sites for hydroxylation is 1. The first-order valence-electron chi connectivity index (χ1n) is 7.26. The molecule has 110 valence electrons. The quantitative estimate of drug-likeness (QED) is 0.942. The molecule has 0 aliphatic carbocycles. The summed E-state index contributed by atoms with van der Waals surface area (Å²) in [5, 5.41) is 0. The minimum Gasteiger partial charge on any atom is -0.337 e. The Labute approximate surface area is 123 Å². The number of aromatic nitrogens is 2. The van der Waals surface area contributed by atoms with E-state index >= 15 is 0 Å². The van der Waals surface area contributed by atoms with E-state index in [1.54, 1.807) is 18.3 Å². The molecule has 2 aromatic rings. The van der Waals surface area contributed by atoms with Crippen molar-refractivity contribution in [3.63, 3.8) is 0 Å². The van der Waals surface area contributed by atoms with Gasteiger partial charge in [0.15, 0.2) is 0 Å². The van der Waals surface area contributed by atoms with Gasteiger partial charge in [0, 0.05) is 36.5 Å². The van der Waals surface area contributed by atoms with Gasteiger partial charge in [0.2, 0.25) is 5.95 Å². The summed E-state index contributed by atoms with van der Waals surface area (Å²) in [6.45, 7) is 3.43. The van der Waals surface area contributed by atoms with Gasteiger partial charge in [-0.1, -0.05) is 18.2 Å². The maximum absolute atomic E-state index is 13.9. The third kappa shape index (κ3) is 2.61. The molecule has 0 radical (unpaired) electrons. The predicted octanol–water partition coefficient (Wildman–Crippen LogP) is 2.52. The van der Waals surface area contributed by atoms with Gasteiger partial charge >= 0.3 is 0 Å². The van der Waals surface area contributed by atoms with Gasteiger partial charge in [-0.15, -0.1) is 0 Å². The Morgan fingerprint density at radius 1 is 1.33 bits per heavy atom. The fourth-order valence-corrected chi connectivity index (χ4v) is 2.88. The lowest BCUT2D eigenvalue weighted by Crippen LogP contribution is -2.36. The molecule has 0 amide bonds. The number of nitrogens with zero attached hydrogens (tertiary/aromatic N) is 3.